The second kappa shape index (κ2) is 10.7. The number of amides is 1. The van der Waals surface area contributed by atoms with Gasteiger partial charge in [0, 0.05) is 39.4 Å². The molecular weight excluding hydrogens is 332 g/mol. The maximum absolute atomic E-state index is 12.1. The minimum atomic E-state index is -0.138. The smallest absolute Gasteiger partial charge is 0.251 e. The molecular formula is C19H32N4O3. The minimum absolute atomic E-state index is 0.0331. The molecule has 0 spiro atoms. The van der Waals surface area contributed by atoms with Gasteiger partial charge in [0.2, 0.25) is 0 Å². The zero-order valence-corrected chi connectivity index (χ0v) is 16.7. The Labute approximate surface area is 156 Å². The van der Waals surface area contributed by atoms with Crippen LogP contribution in [0.1, 0.15) is 31.1 Å². The summed E-state index contributed by atoms with van der Waals surface area (Å²) < 4.78 is 10.7. The number of carbonyl (C=O) groups is 1. The summed E-state index contributed by atoms with van der Waals surface area (Å²) in [5, 5.41) is 9.29. The normalized spacial score (nSPS) is 13.1. The zero-order chi connectivity index (χ0) is 19.6. The Kier molecular flexibility index (Phi) is 8.92. The van der Waals surface area contributed by atoms with Gasteiger partial charge in [0.25, 0.3) is 5.91 Å². The molecule has 0 saturated carbocycles. The first-order valence-electron chi connectivity index (χ1n) is 8.71. The summed E-state index contributed by atoms with van der Waals surface area (Å²) in [6.45, 7) is 8.08. The van der Waals surface area contributed by atoms with E-state index in [9.17, 15) is 4.79 Å². The molecule has 1 unspecified atom stereocenters. The van der Waals surface area contributed by atoms with E-state index in [0.717, 1.165) is 0 Å². The highest BCUT2D eigenvalue weighted by Crippen LogP contribution is 2.20. The van der Waals surface area contributed by atoms with Gasteiger partial charge in [0.15, 0.2) is 5.96 Å². The number of ether oxygens (including phenoxy) is 2. The highest BCUT2D eigenvalue weighted by molar-refractivity contribution is 5.94. The molecule has 0 aliphatic rings. The minimum Gasteiger partial charge on any atom is -0.497 e. The van der Waals surface area contributed by atoms with Crippen LogP contribution in [0.2, 0.25) is 0 Å². The summed E-state index contributed by atoms with van der Waals surface area (Å²) in [5.41, 5.74) is 0.602. The number of carbonyl (C=O) groups excluding carboxylic acids is 1. The first-order chi connectivity index (χ1) is 12.3. The summed E-state index contributed by atoms with van der Waals surface area (Å²) in [6.07, 6.45) is 0.0637. The summed E-state index contributed by atoms with van der Waals surface area (Å²) in [6, 6.07) is 7.06. The molecule has 1 amide bonds. The molecule has 0 saturated heterocycles. The average Bonchev–Trinajstić information content (AvgIpc) is 2.62. The molecule has 0 fully saturated rings. The monoisotopic (exact) mass is 364 g/mol. The van der Waals surface area contributed by atoms with Gasteiger partial charge >= 0.3 is 0 Å². The number of aliphatic imine (C=N–C) groups is 1. The first-order valence-corrected chi connectivity index (χ1v) is 8.71. The van der Waals surface area contributed by atoms with Crippen molar-refractivity contribution in [3.8, 4) is 5.75 Å². The summed E-state index contributed by atoms with van der Waals surface area (Å²) in [7, 11) is 5.00. The van der Waals surface area contributed by atoms with Crippen LogP contribution in [0, 0.1) is 5.41 Å². The van der Waals surface area contributed by atoms with Gasteiger partial charge in [-0.25, -0.2) is 0 Å². The fourth-order valence-electron chi connectivity index (χ4n) is 2.38. The number of rotatable bonds is 8. The van der Waals surface area contributed by atoms with E-state index < -0.39 is 0 Å². The maximum atomic E-state index is 12.1. The molecule has 1 rings (SSSR count). The second-order valence-corrected chi connectivity index (χ2v) is 6.96. The van der Waals surface area contributed by atoms with Crippen molar-refractivity contribution in [2.24, 2.45) is 10.4 Å². The average molecular weight is 364 g/mol. The Balaban J connectivity index is 2.37. The summed E-state index contributed by atoms with van der Waals surface area (Å²) in [4.78, 5) is 16.3. The van der Waals surface area contributed by atoms with E-state index in [4.69, 9.17) is 9.47 Å². The lowest BCUT2D eigenvalue weighted by Gasteiger charge is -2.30. The van der Waals surface area contributed by atoms with E-state index in [1.165, 1.54) is 0 Å². The van der Waals surface area contributed by atoms with Crippen LogP contribution in [0.5, 0.6) is 5.75 Å². The van der Waals surface area contributed by atoms with Crippen molar-refractivity contribution in [1.82, 2.24) is 16.0 Å². The van der Waals surface area contributed by atoms with E-state index in [-0.39, 0.29) is 17.4 Å². The van der Waals surface area contributed by atoms with Gasteiger partial charge < -0.3 is 25.4 Å². The van der Waals surface area contributed by atoms with E-state index in [1.54, 1.807) is 45.5 Å². The van der Waals surface area contributed by atoms with Gasteiger partial charge in [-0.1, -0.05) is 26.8 Å². The number of benzene rings is 1. The molecule has 0 bridgehead atoms. The highest BCUT2D eigenvalue weighted by atomic mass is 16.5. The number of hydrogen-bond donors (Lipinski definition) is 3. The molecule has 26 heavy (non-hydrogen) atoms. The molecule has 0 aliphatic heterocycles. The van der Waals surface area contributed by atoms with Gasteiger partial charge in [-0.2, -0.15) is 0 Å². The van der Waals surface area contributed by atoms with Crippen LogP contribution in [-0.2, 0) is 4.74 Å². The van der Waals surface area contributed by atoms with Crippen LogP contribution < -0.4 is 20.7 Å². The van der Waals surface area contributed by atoms with Crippen molar-refractivity contribution in [1.29, 1.82) is 0 Å². The van der Waals surface area contributed by atoms with E-state index >= 15 is 0 Å². The van der Waals surface area contributed by atoms with Gasteiger partial charge in [0.05, 0.1) is 13.2 Å². The molecule has 1 aromatic rings. The Hall–Kier alpha value is -2.28. The number of nitrogens with one attached hydrogen (secondary N) is 3. The van der Waals surface area contributed by atoms with Gasteiger partial charge in [-0.3, -0.25) is 9.79 Å². The standard InChI is InChI=1S/C19H32N4O3/c1-19(2,3)16(26-6)13-23-18(20-4)22-11-10-21-17(24)14-8-7-9-15(12-14)25-5/h7-9,12,16H,10-11,13H2,1-6H3,(H,21,24)(H2,20,22,23). The fourth-order valence-corrected chi connectivity index (χ4v) is 2.38. The molecule has 1 aromatic carbocycles. The predicted molar refractivity (Wildman–Crippen MR) is 105 cm³/mol. The first kappa shape index (κ1) is 21.8. The van der Waals surface area contributed by atoms with Crippen LogP contribution in [0.25, 0.3) is 0 Å². The highest BCUT2D eigenvalue weighted by Gasteiger charge is 2.24. The lowest BCUT2D eigenvalue weighted by Crippen LogP contribution is -2.46. The fraction of sp³-hybridized carbons (Fsp3) is 0.579. The molecule has 0 aliphatic carbocycles. The van der Waals surface area contributed by atoms with Crippen LogP contribution in [0.3, 0.4) is 0 Å². The van der Waals surface area contributed by atoms with Crippen molar-refractivity contribution < 1.29 is 14.3 Å². The molecule has 7 nitrogen and oxygen atoms in total. The van der Waals surface area contributed by atoms with E-state index in [1.807, 2.05) is 0 Å². The Bertz CT molecular complexity index is 597. The lowest BCUT2D eigenvalue weighted by atomic mass is 9.89. The molecule has 7 heteroatoms. The number of guanidine groups is 1. The molecule has 0 radical (unpaired) electrons. The number of methoxy groups -OCH3 is 2. The SMILES string of the molecule is CN=C(NCCNC(=O)c1cccc(OC)c1)NCC(OC)C(C)(C)C. The predicted octanol–water partition coefficient (Wildman–Crippen LogP) is 1.65. The molecule has 3 N–H and O–H groups in total. The van der Waals surface area contributed by atoms with Crippen molar-refractivity contribution in [3.05, 3.63) is 29.8 Å². The maximum Gasteiger partial charge on any atom is 0.251 e. The van der Waals surface area contributed by atoms with Crippen LogP contribution in [-0.4, -0.2) is 58.9 Å². The Morgan fingerprint density at radius 3 is 2.42 bits per heavy atom. The molecule has 0 heterocycles. The van der Waals surface area contributed by atoms with Crippen molar-refractivity contribution in [2.75, 3.05) is 40.9 Å². The van der Waals surface area contributed by atoms with Crippen molar-refractivity contribution >= 4 is 11.9 Å². The lowest BCUT2D eigenvalue weighted by molar-refractivity contribution is 0.0205. The quantitative estimate of drug-likeness (QED) is 0.371. The molecule has 1 atom stereocenters. The third kappa shape index (κ3) is 7.31. The second-order valence-electron chi connectivity index (χ2n) is 6.96. The van der Waals surface area contributed by atoms with Gasteiger partial charge in [-0.05, 0) is 23.6 Å². The summed E-state index contributed by atoms with van der Waals surface area (Å²) in [5.74, 6) is 1.19. The van der Waals surface area contributed by atoms with E-state index in [2.05, 4.69) is 41.7 Å². The van der Waals surface area contributed by atoms with Crippen LogP contribution in [0.4, 0.5) is 0 Å². The topological polar surface area (TPSA) is 84.0 Å². The Morgan fingerprint density at radius 2 is 1.85 bits per heavy atom. The molecule has 0 aromatic heterocycles. The third-order valence-corrected chi connectivity index (χ3v) is 3.96. The van der Waals surface area contributed by atoms with Crippen molar-refractivity contribution in [3.63, 3.8) is 0 Å². The largest absolute Gasteiger partial charge is 0.497 e. The molecule has 146 valence electrons. The van der Waals surface area contributed by atoms with Crippen LogP contribution >= 0.6 is 0 Å². The van der Waals surface area contributed by atoms with Gasteiger partial charge in [-0.15, -0.1) is 0 Å². The number of nitrogens with zero attached hydrogens (tertiary/aromatic N) is 1. The summed E-state index contributed by atoms with van der Waals surface area (Å²) >= 11 is 0. The number of hydrogen-bond acceptors (Lipinski definition) is 4. The van der Waals surface area contributed by atoms with Crippen molar-refractivity contribution in [2.45, 2.75) is 26.9 Å². The van der Waals surface area contributed by atoms with E-state index in [0.29, 0.717) is 36.9 Å². The van der Waals surface area contributed by atoms with Crippen LogP contribution in [0.15, 0.2) is 29.3 Å². The Morgan fingerprint density at radius 1 is 1.15 bits per heavy atom. The van der Waals surface area contributed by atoms with Gasteiger partial charge in [0.1, 0.15) is 5.75 Å². The third-order valence-electron chi connectivity index (χ3n) is 3.96. The zero-order valence-electron chi connectivity index (χ0n) is 16.7.